The maximum atomic E-state index is 12.3. The molecule has 0 bridgehead atoms. The van der Waals surface area contributed by atoms with E-state index in [9.17, 15) is 9.59 Å². The van der Waals surface area contributed by atoms with Crippen molar-refractivity contribution in [2.45, 2.75) is 37.9 Å². The lowest BCUT2D eigenvalue weighted by atomic mass is 9.99. The van der Waals surface area contributed by atoms with Crippen LogP contribution in [0.25, 0.3) is 0 Å². The van der Waals surface area contributed by atoms with Crippen LogP contribution in [0.4, 0.5) is 11.4 Å². The van der Waals surface area contributed by atoms with Gasteiger partial charge in [0.15, 0.2) is 5.17 Å². The highest BCUT2D eigenvalue weighted by Gasteiger charge is 2.32. The molecule has 0 aliphatic carbocycles. The summed E-state index contributed by atoms with van der Waals surface area (Å²) in [6, 6.07) is 15.0. The molecule has 2 atom stereocenters. The predicted molar refractivity (Wildman–Crippen MR) is 116 cm³/mol. The van der Waals surface area contributed by atoms with E-state index in [1.54, 1.807) is 24.3 Å². The third kappa shape index (κ3) is 5.14. The molecule has 0 radical (unpaired) electrons. The highest BCUT2D eigenvalue weighted by molar-refractivity contribution is 8.15. The van der Waals surface area contributed by atoms with Crippen LogP contribution in [0, 0.1) is 0 Å². The molecule has 146 valence electrons. The van der Waals surface area contributed by atoms with E-state index in [4.69, 9.17) is 11.6 Å². The van der Waals surface area contributed by atoms with Gasteiger partial charge in [-0.3, -0.25) is 9.59 Å². The molecule has 2 N–H and O–H groups in total. The second kappa shape index (κ2) is 9.26. The second-order valence-corrected chi connectivity index (χ2v) is 8.24. The molecule has 1 aliphatic heterocycles. The standard InChI is InChI=1S/C21H22ClN3O2S/c1-3-13(2)14-8-10-15(11-9-14)23-21-25-20(27)18(28-21)12-19(26)24-17-7-5-4-6-16(17)22/h4-11,13,18H,3,12H2,1-2H3,(H,24,26)(H,23,25,27)/t13-,18+/m1/s1. The molecule has 1 heterocycles. The van der Waals surface area contributed by atoms with Crippen molar-refractivity contribution >= 4 is 51.7 Å². The smallest absolute Gasteiger partial charge is 0.240 e. The van der Waals surface area contributed by atoms with E-state index in [1.807, 2.05) is 12.1 Å². The third-order valence-corrected chi connectivity index (χ3v) is 6.01. The summed E-state index contributed by atoms with van der Waals surface area (Å²) in [6.07, 6.45) is 1.13. The van der Waals surface area contributed by atoms with E-state index in [2.05, 4.69) is 41.6 Å². The van der Waals surface area contributed by atoms with Crippen LogP contribution in [-0.4, -0.2) is 22.2 Å². The van der Waals surface area contributed by atoms with Crippen molar-refractivity contribution in [3.05, 3.63) is 59.1 Å². The van der Waals surface area contributed by atoms with Crippen LogP contribution >= 0.6 is 23.4 Å². The molecule has 28 heavy (non-hydrogen) atoms. The van der Waals surface area contributed by atoms with Gasteiger partial charge in [-0.15, -0.1) is 0 Å². The van der Waals surface area contributed by atoms with E-state index in [0.29, 0.717) is 21.8 Å². The van der Waals surface area contributed by atoms with Crippen LogP contribution in [0.1, 0.15) is 38.2 Å². The summed E-state index contributed by atoms with van der Waals surface area (Å²) in [4.78, 5) is 28.9. The van der Waals surface area contributed by atoms with Crippen molar-refractivity contribution in [2.75, 3.05) is 5.32 Å². The first kappa shape index (κ1) is 20.4. The fraction of sp³-hybridized carbons (Fsp3) is 0.286. The summed E-state index contributed by atoms with van der Waals surface area (Å²) in [6.45, 7) is 4.34. The van der Waals surface area contributed by atoms with Crippen molar-refractivity contribution in [1.82, 2.24) is 5.32 Å². The molecule has 0 saturated carbocycles. The summed E-state index contributed by atoms with van der Waals surface area (Å²) in [5.74, 6) is 0.0254. The zero-order valence-corrected chi connectivity index (χ0v) is 17.3. The Labute approximate surface area is 174 Å². The number of anilines is 1. The molecule has 0 spiro atoms. The van der Waals surface area contributed by atoms with E-state index < -0.39 is 5.25 Å². The lowest BCUT2D eigenvalue weighted by Crippen LogP contribution is -2.28. The Hall–Kier alpha value is -2.31. The van der Waals surface area contributed by atoms with Gasteiger partial charge in [-0.2, -0.15) is 0 Å². The Balaban J connectivity index is 1.60. The summed E-state index contributed by atoms with van der Waals surface area (Å²) in [5, 5.41) is 5.95. The summed E-state index contributed by atoms with van der Waals surface area (Å²) in [5.41, 5.74) is 2.58. The van der Waals surface area contributed by atoms with E-state index in [-0.39, 0.29) is 18.2 Å². The topological polar surface area (TPSA) is 70.6 Å². The number of thioether (sulfide) groups is 1. The van der Waals surface area contributed by atoms with Gasteiger partial charge in [0.1, 0.15) is 5.25 Å². The molecule has 0 unspecified atom stereocenters. The first-order valence-electron chi connectivity index (χ1n) is 9.16. The van der Waals surface area contributed by atoms with E-state index in [1.165, 1.54) is 17.3 Å². The largest absolute Gasteiger partial charge is 0.325 e. The summed E-state index contributed by atoms with van der Waals surface area (Å²) >= 11 is 7.32. The predicted octanol–water partition coefficient (Wildman–Crippen LogP) is 5.10. The average Bonchev–Trinajstić information content (AvgIpc) is 3.02. The molecular formula is C21H22ClN3O2S. The van der Waals surface area contributed by atoms with Crippen molar-refractivity contribution in [1.29, 1.82) is 0 Å². The van der Waals surface area contributed by atoms with Crippen LogP contribution in [-0.2, 0) is 9.59 Å². The number of aliphatic imine (C=N–C) groups is 1. The molecule has 7 heteroatoms. The van der Waals surface area contributed by atoms with Crippen LogP contribution in [0.15, 0.2) is 53.5 Å². The van der Waals surface area contributed by atoms with Gasteiger partial charge < -0.3 is 10.6 Å². The lowest BCUT2D eigenvalue weighted by Gasteiger charge is -2.09. The monoisotopic (exact) mass is 415 g/mol. The highest BCUT2D eigenvalue weighted by atomic mass is 35.5. The second-order valence-electron chi connectivity index (χ2n) is 6.65. The third-order valence-electron chi connectivity index (χ3n) is 4.60. The van der Waals surface area contributed by atoms with Gasteiger partial charge in [0.25, 0.3) is 0 Å². The number of para-hydroxylation sites is 1. The zero-order valence-electron chi connectivity index (χ0n) is 15.7. The lowest BCUT2D eigenvalue weighted by molar-refractivity contribution is -0.122. The Bertz CT molecular complexity index is 899. The first-order chi connectivity index (χ1) is 13.5. The van der Waals surface area contributed by atoms with Crippen LogP contribution in [0.3, 0.4) is 0 Å². The SMILES string of the molecule is CC[C@@H](C)c1ccc(N=C2NC(=O)[C@H](CC(=O)Nc3ccccc3Cl)S2)cc1. The van der Waals surface area contributed by atoms with Crippen LogP contribution in [0.2, 0.25) is 5.02 Å². The quantitative estimate of drug-likeness (QED) is 0.689. The molecular weight excluding hydrogens is 394 g/mol. The van der Waals surface area contributed by atoms with Crippen LogP contribution < -0.4 is 10.6 Å². The van der Waals surface area contributed by atoms with Crippen molar-refractivity contribution < 1.29 is 9.59 Å². The average molecular weight is 416 g/mol. The van der Waals surface area contributed by atoms with Gasteiger partial charge >= 0.3 is 0 Å². The van der Waals surface area contributed by atoms with Crippen LogP contribution in [0.5, 0.6) is 0 Å². The van der Waals surface area contributed by atoms with Gasteiger partial charge in [-0.25, -0.2) is 4.99 Å². The maximum absolute atomic E-state index is 12.3. The molecule has 2 aromatic carbocycles. The van der Waals surface area contributed by atoms with Gasteiger partial charge in [-0.1, -0.05) is 61.5 Å². The fourth-order valence-corrected chi connectivity index (χ4v) is 3.93. The highest BCUT2D eigenvalue weighted by Crippen LogP contribution is 2.27. The number of nitrogens with zero attached hydrogens (tertiary/aromatic N) is 1. The van der Waals surface area contributed by atoms with Gasteiger partial charge in [0, 0.05) is 6.42 Å². The molecule has 3 rings (SSSR count). The normalized spacial score (nSPS) is 18.8. The molecule has 2 amide bonds. The number of carbonyl (C=O) groups excluding carboxylic acids is 2. The molecule has 0 aromatic heterocycles. The Morgan fingerprint density at radius 3 is 2.64 bits per heavy atom. The Morgan fingerprint density at radius 2 is 1.96 bits per heavy atom. The number of hydrogen-bond donors (Lipinski definition) is 2. The van der Waals surface area contributed by atoms with Crippen molar-refractivity contribution in [3.63, 3.8) is 0 Å². The van der Waals surface area contributed by atoms with Gasteiger partial charge in [0.2, 0.25) is 11.8 Å². The number of rotatable bonds is 6. The van der Waals surface area contributed by atoms with Crippen molar-refractivity contribution in [3.8, 4) is 0 Å². The number of halogens is 1. The van der Waals surface area contributed by atoms with Crippen molar-refractivity contribution in [2.24, 2.45) is 4.99 Å². The number of benzene rings is 2. The maximum Gasteiger partial charge on any atom is 0.240 e. The minimum atomic E-state index is -0.513. The Kier molecular flexibility index (Phi) is 6.75. The Morgan fingerprint density at radius 1 is 1.25 bits per heavy atom. The molecule has 2 aromatic rings. The number of hydrogen-bond acceptors (Lipinski definition) is 4. The number of carbonyl (C=O) groups is 2. The fourth-order valence-electron chi connectivity index (χ4n) is 2.75. The summed E-state index contributed by atoms with van der Waals surface area (Å²) < 4.78 is 0. The van der Waals surface area contributed by atoms with E-state index in [0.717, 1.165) is 12.1 Å². The van der Waals surface area contributed by atoms with Gasteiger partial charge in [0.05, 0.1) is 16.4 Å². The zero-order chi connectivity index (χ0) is 20.1. The number of amides is 2. The van der Waals surface area contributed by atoms with Gasteiger partial charge in [-0.05, 0) is 42.2 Å². The molecule has 1 aliphatic rings. The number of nitrogens with one attached hydrogen (secondary N) is 2. The van der Waals surface area contributed by atoms with E-state index >= 15 is 0 Å². The minimum absolute atomic E-state index is 0.0493. The summed E-state index contributed by atoms with van der Waals surface area (Å²) in [7, 11) is 0. The number of amidine groups is 1. The molecule has 5 nitrogen and oxygen atoms in total. The minimum Gasteiger partial charge on any atom is -0.325 e. The first-order valence-corrected chi connectivity index (χ1v) is 10.4. The molecule has 1 saturated heterocycles. The molecule has 1 fully saturated rings.